The number of amides is 2. The van der Waals surface area contributed by atoms with Gasteiger partial charge in [-0.1, -0.05) is 21.6 Å². The zero-order valence-corrected chi connectivity index (χ0v) is 20.8. The highest BCUT2D eigenvalue weighted by Gasteiger charge is 2.29. The molecule has 16 heteroatoms. The maximum Gasteiger partial charge on any atom is 0.328 e. The standard InChI is InChI=1S/C18H30N4O10S2/c1-29-13(23)5-11(17(27)31-3)21-15(25)9(19)7-33-34-8-10(20)16(26)22-12(18(28)32-4)6-14(24)30-2/h9-12H,5-8,19-20H2,1-4H3,(H,21,25)(H,22,26). The van der Waals surface area contributed by atoms with Crippen LogP contribution in [0.3, 0.4) is 0 Å². The lowest BCUT2D eigenvalue weighted by Crippen LogP contribution is -2.50. The highest BCUT2D eigenvalue weighted by Crippen LogP contribution is 2.22. The van der Waals surface area contributed by atoms with Crippen LogP contribution < -0.4 is 22.1 Å². The van der Waals surface area contributed by atoms with Crippen molar-refractivity contribution in [2.75, 3.05) is 39.9 Å². The molecule has 194 valence electrons. The van der Waals surface area contributed by atoms with Crippen molar-refractivity contribution >= 4 is 57.3 Å². The molecule has 2 amide bonds. The van der Waals surface area contributed by atoms with E-state index in [-0.39, 0.29) is 11.5 Å². The van der Waals surface area contributed by atoms with Crippen molar-refractivity contribution in [2.24, 2.45) is 11.5 Å². The Morgan fingerprint density at radius 2 is 0.971 bits per heavy atom. The second-order valence-corrected chi connectivity index (χ2v) is 9.06. The SMILES string of the molecule is COC(=O)CC(NC(=O)C(N)CSSCC(N)C(=O)NC(CC(=O)OC)C(=O)OC)C(=O)OC. The van der Waals surface area contributed by atoms with E-state index in [2.05, 4.69) is 29.6 Å². The van der Waals surface area contributed by atoms with Gasteiger partial charge >= 0.3 is 23.9 Å². The average Bonchev–Trinajstić information content (AvgIpc) is 2.83. The molecule has 0 saturated carbocycles. The highest BCUT2D eigenvalue weighted by molar-refractivity contribution is 8.76. The summed E-state index contributed by atoms with van der Waals surface area (Å²) in [6, 6.07) is -4.59. The lowest BCUT2D eigenvalue weighted by molar-refractivity contribution is -0.150. The number of nitrogens with one attached hydrogen (secondary N) is 2. The van der Waals surface area contributed by atoms with Crippen LogP contribution in [0, 0.1) is 0 Å². The van der Waals surface area contributed by atoms with Crippen molar-refractivity contribution in [1.29, 1.82) is 0 Å². The molecule has 0 aromatic rings. The van der Waals surface area contributed by atoms with Crippen molar-refractivity contribution in [3.8, 4) is 0 Å². The third-order valence-electron chi connectivity index (χ3n) is 4.05. The van der Waals surface area contributed by atoms with E-state index < -0.39 is 72.7 Å². The largest absolute Gasteiger partial charge is 0.469 e. The molecule has 0 fully saturated rings. The Labute approximate surface area is 204 Å². The number of rotatable bonds is 15. The Balaban J connectivity index is 4.59. The topological polar surface area (TPSA) is 215 Å². The van der Waals surface area contributed by atoms with Crippen molar-refractivity contribution in [3.63, 3.8) is 0 Å². The molecular formula is C18H30N4O10S2. The Kier molecular flexibility index (Phi) is 15.7. The van der Waals surface area contributed by atoms with Crippen molar-refractivity contribution in [2.45, 2.75) is 37.0 Å². The minimum Gasteiger partial charge on any atom is -0.469 e. The van der Waals surface area contributed by atoms with Gasteiger partial charge in [-0.15, -0.1) is 0 Å². The molecule has 34 heavy (non-hydrogen) atoms. The van der Waals surface area contributed by atoms with Gasteiger partial charge in [0, 0.05) is 11.5 Å². The minimum atomic E-state index is -1.25. The van der Waals surface area contributed by atoms with Crippen LogP contribution in [0.25, 0.3) is 0 Å². The van der Waals surface area contributed by atoms with E-state index >= 15 is 0 Å². The van der Waals surface area contributed by atoms with Gasteiger partial charge in [-0.2, -0.15) is 0 Å². The van der Waals surface area contributed by atoms with E-state index in [9.17, 15) is 28.8 Å². The van der Waals surface area contributed by atoms with E-state index in [0.717, 1.165) is 50.0 Å². The molecule has 0 spiro atoms. The molecule has 6 N–H and O–H groups in total. The highest BCUT2D eigenvalue weighted by atomic mass is 33.1. The summed E-state index contributed by atoms with van der Waals surface area (Å²) in [5.74, 6) is -4.32. The van der Waals surface area contributed by atoms with Crippen LogP contribution in [0.15, 0.2) is 0 Å². The summed E-state index contributed by atoms with van der Waals surface area (Å²) in [7, 11) is 6.76. The van der Waals surface area contributed by atoms with E-state index in [0.29, 0.717) is 0 Å². The van der Waals surface area contributed by atoms with E-state index in [1.54, 1.807) is 0 Å². The van der Waals surface area contributed by atoms with Gasteiger partial charge in [0.05, 0.1) is 53.4 Å². The first-order valence-electron chi connectivity index (χ1n) is 9.66. The maximum atomic E-state index is 12.2. The van der Waals surface area contributed by atoms with Crippen LogP contribution in [0.2, 0.25) is 0 Å². The predicted octanol–water partition coefficient (Wildman–Crippen LogP) is -2.54. The van der Waals surface area contributed by atoms with Crippen LogP contribution in [0.5, 0.6) is 0 Å². The third-order valence-corrected chi connectivity index (χ3v) is 6.53. The molecule has 0 rings (SSSR count). The quantitative estimate of drug-likeness (QED) is 0.0749. The average molecular weight is 527 g/mol. The summed E-state index contributed by atoms with van der Waals surface area (Å²) >= 11 is 0. The number of ether oxygens (including phenoxy) is 4. The molecule has 0 bridgehead atoms. The van der Waals surface area contributed by atoms with Crippen LogP contribution in [0.1, 0.15) is 12.8 Å². The molecule has 0 radical (unpaired) electrons. The summed E-state index contributed by atoms with van der Waals surface area (Å²) in [6.45, 7) is 0. The Morgan fingerprint density at radius 1 is 0.647 bits per heavy atom. The van der Waals surface area contributed by atoms with Crippen LogP contribution >= 0.6 is 21.6 Å². The van der Waals surface area contributed by atoms with Gasteiger partial charge in [-0.05, 0) is 0 Å². The fourth-order valence-electron chi connectivity index (χ4n) is 2.12. The van der Waals surface area contributed by atoms with E-state index in [1.807, 2.05) is 0 Å². The minimum absolute atomic E-state index is 0.0874. The predicted molar refractivity (Wildman–Crippen MR) is 122 cm³/mol. The smallest absolute Gasteiger partial charge is 0.328 e. The number of hydrogen-bond acceptors (Lipinski definition) is 14. The van der Waals surface area contributed by atoms with E-state index in [1.165, 1.54) is 0 Å². The number of carbonyl (C=O) groups excluding carboxylic acids is 6. The second-order valence-electron chi connectivity index (χ2n) is 6.51. The maximum absolute atomic E-state index is 12.2. The Morgan fingerprint density at radius 3 is 1.24 bits per heavy atom. The Bertz CT molecular complexity index is 680. The van der Waals surface area contributed by atoms with Crippen LogP contribution in [-0.4, -0.2) is 99.8 Å². The van der Waals surface area contributed by atoms with Gasteiger partial charge < -0.3 is 41.0 Å². The van der Waals surface area contributed by atoms with Crippen molar-refractivity contribution < 1.29 is 47.7 Å². The molecular weight excluding hydrogens is 496 g/mol. The zero-order valence-electron chi connectivity index (χ0n) is 19.2. The normalized spacial score (nSPS) is 13.9. The van der Waals surface area contributed by atoms with Crippen molar-refractivity contribution in [1.82, 2.24) is 10.6 Å². The van der Waals surface area contributed by atoms with Crippen LogP contribution in [-0.2, 0) is 47.7 Å². The molecule has 4 unspecified atom stereocenters. The number of carbonyl (C=O) groups is 6. The molecule has 0 heterocycles. The summed E-state index contributed by atoms with van der Waals surface area (Å²) < 4.78 is 18.0. The lowest BCUT2D eigenvalue weighted by atomic mass is 10.2. The number of nitrogens with two attached hydrogens (primary N) is 2. The Hall–Kier alpha value is -2.56. The summed E-state index contributed by atoms with van der Waals surface area (Å²) in [5, 5.41) is 4.65. The monoisotopic (exact) mass is 526 g/mol. The molecule has 0 aliphatic rings. The summed E-state index contributed by atoms with van der Waals surface area (Å²) in [4.78, 5) is 70.7. The number of methoxy groups -OCH3 is 4. The fourth-order valence-corrected chi connectivity index (χ4v) is 4.37. The van der Waals surface area contributed by atoms with Gasteiger partial charge in [0.2, 0.25) is 11.8 Å². The second kappa shape index (κ2) is 17.0. The van der Waals surface area contributed by atoms with Gasteiger partial charge in [0.15, 0.2) is 0 Å². The molecule has 4 atom stereocenters. The fraction of sp³-hybridized carbons (Fsp3) is 0.667. The number of esters is 4. The lowest BCUT2D eigenvalue weighted by Gasteiger charge is -2.19. The zero-order chi connectivity index (χ0) is 26.3. The van der Waals surface area contributed by atoms with Gasteiger partial charge in [0.1, 0.15) is 12.1 Å². The van der Waals surface area contributed by atoms with Gasteiger partial charge in [0.25, 0.3) is 0 Å². The molecule has 0 aliphatic heterocycles. The van der Waals surface area contributed by atoms with Crippen molar-refractivity contribution in [3.05, 3.63) is 0 Å². The summed E-state index contributed by atoms with van der Waals surface area (Å²) in [5.41, 5.74) is 11.6. The molecule has 0 saturated heterocycles. The first-order valence-corrected chi connectivity index (χ1v) is 12.1. The molecule has 0 aliphatic carbocycles. The molecule has 0 aromatic heterocycles. The third kappa shape index (κ3) is 12.1. The summed E-state index contributed by atoms with van der Waals surface area (Å²) in [6.07, 6.45) is -0.841. The van der Waals surface area contributed by atoms with Gasteiger partial charge in [-0.25, -0.2) is 9.59 Å². The van der Waals surface area contributed by atoms with E-state index in [4.69, 9.17) is 11.5 Å². The molecule has 0 aromatic carbocycles. The molecule has 14 nitrogen and oxygen atoms in total. The first-order chi connectivity index (χ1) is 16.0. The van der Waals surface area contributed by atoms with Gasteiger partial charge in [-0.3, -0.25) is 19.2 Å². The van der Waals surface area contributed by atoms with Crippen LogP contribution in [0.4, 0.5) is 0 Å². The number of hydrogen-bond donors (Lipinski definition) is 4. The first kappa shape index (κ1) is 31.4.